The van der Waals surface area contributed by atoms with Crippen LogP contribution < -0.4 is 5.32 Å². The van der Waals surface area contributed by atoms with E-state index in [-0.39, 0.29) is 5.91 Å². The van der Waals surface area contributed by atoms with Gasteiger partial charge in [0.25, 0.3) is 0 Å². The minimum absolute atomic E-state index is 0.131. The van der Waals surface area contributed by atoms with Crippen LogP contribution in [0.25, 0.3) is 0 Å². The van der Waals surface area contributed by atoms with Crippen molar-refractivity contribution in [2.75, 3.05) is 0 Å². The Morgan fingerprint density at radius 2 is 1.80 bits per heavy atom. The number of carbonyl (C=O) groups excluding carboxylic acids is 1. The van der Waals surface area contributed by atoms with Gasteiger partial charge in [0.15, 0.2) is 0 Å². The van der Waals surface area contributed by atoms with Gasteiger partial charge in [0, 0.05) is 13.0 Å². The summed E-state index contributed by atoms with van der Waals surface area (Å²) in [6.07, 6.45) is 1.52. The average Bonchev–Trinajstić information content (AvgIpc) is 2.31. The first-order valence-electron chi connectivity index (χ1n) is 5.63. The molecule has 1 aromatic carbocycles. The van der Waals surface area contributed by atoms with Crippen LogP contribution in [0.2, 0.25) is 0 Å². The second kappa shape index (κ2) is 9.25. The Morgan fingerprint density at radius 1 is 1.20 bits per heavy atom. The maximum atomic E-state index is 11.1. The van der Waals surface area contributed by atoms with Crippen LogP contribution in [0, 0.1) is 0 Å². The Kier molecular flexibility index (Phi) is 8.44. The average molecular weight is 207 g/mol. The van der Waals surface area contributed by atoms with E-state index in [9.17, 15) is 4.79 Å². The third-order valence-electron chi connectivity index (χ3n) is 1.81. The SMILES string of the molecule is CC.CCCC(=O)NCc1ccccc1. The number of hydrogen-bond donors (Lipinski definition) is 1. The highest BCUT2D eigenvalue weighted by Crippen LogP contribution is 1.97. The summed E-state index contributed by atoms with van der Waals surface area (Å²) in [6, 6.07) is 9.93. The number of amides is 1. The van der Waals surface area contributed by atoms with E-state index in [1.54, 1.807) is 0 Å². The van der Waals surface area contributed by atoms with Gasteiger partial charge in [-0.1, -0.05) is 51.1 Å². The highest BCUT2D eigenvalue weighted by Gasteiger charge is 1.97. The molecule has 2 heteroatoms. The summed E-state index contributed by atoms with van der Waals surface area (Å²) < 4.78 is 0. The lowest BCUT2D eigenvalue weighted by molar-refractivity contribution is -0.121. The molecule has 0 fully saturated rings. The first-order valence-corrected chi connectivity index (χ1v) is 5.63. The number of nitrogens with one attached hydrogen (secondary N) is 1. The van der Waals surface area contributed by atoms with Gasteiger partial charge in [-0.3, -0.25) is 4.79 Å². The molecule has 84 valence electrons. The molecule has 0 radical (unpaired) electrons. The van der Waals surface area contributed by atoms with Crippen LogP contribution in [-0.2, 0) is 11.3 Å². The summed E-state index contributed by atoms with van der Waals surface area (Å²) in [7, 11) is 0. The Hall–Kier alpha value is -1.31. The quantitative estimate of drug-likeness (QED) is 0.807. The molecule has 0 saturated heterocycles. The molecule has 1 N–H and O–H groups in total. The van der Waals surface area contributed by atoms with Crippen molar-refractivity contribution in [2.24, 2.45) is 0 Å². The van der Waals surface area contributed by atoms with E-state index < -0.39 is 0 Å². The van der Waals surface area contributed by atoms with Gasteiger partial charge >= 0.3 is 0 Å². The first-order chi connectivity index (χ1) is 7.33. The maximum Gasteiger partial charge on any atom is 0.220 e. The molecule has 0 aliphatic carbocycles. The standard InChI is InChI=1S/C11H15NO.C2H6/c1-2-6-11(13)12-9-10-7-4-3-5-8-10;1-2/h3-5,7-8H,2,6,9H2,1H3,(H,12,13);1-2H3. The molecule has 2 nitrogen and oxygen atoms in total. The zero-order valence-corrected chi connectivity index (χ0v) is 9.92. The molecule has 0 aromatic heterocycles. The monoisotopic (exact) mass is 207 g/mol. The van der Waals surface area contributed by atoms with E-state index in [1.807, 2.05) is 51.1 Å². The molecule has 0 unspecified atom stereocenters. The molecule has 0 aliphatic rings. The van der Waals surface area contributed by atoms with Crippen molar-refractivity contribution in [1.29, 1.82) is 0 Å². The first kappa shape index (κ1) is 13.7. The minimum Gasteiger partial charge on any atom is -0.352 e. The zero-order valence-electron chi connectivity index (χ0n) is 9.92. The van der Waals surface area contributed by atoms with Crippen LogP contribution in [0.1, 0.15) is 39.2 Å². The second-order valence-electron chi connectivity index (χ2n) is 3.01. The molecule has 0 saturated carbocycles. The molecular formula is C13H21NO. The van der Waals surface area contributed by atoms with Crippen molar-refractivity contribution < 1.29 is 4.79 Å². The van der Waals surface area contributed by atoms with Crippen LogP contribution in [0.4, 0.5) is 0 Å². The minimum atomic E-state index is 0.131. The van der Waals surface area contributed by atoms with Gasteiger partial charge in [-0.15, -0.1) is 0 Å². The largest absolute Gasteiger partial charge is 0.352 e. The lowest BCUT2D eigenvalue weighted by atomic mass is 10.2. The van der Waals surface area contributed by atoms with Gasteiger partial charge in [0.05, 0.1) is 0 Å². The maximum absolute atomic E-state index is 11.1. The topological polar surface area (TPSA) is 29.1 Å². The predicted molar refractivity (Wildman–Crippen MR) is 64.5 cm³/mol. The molecule has 0 bridgehead atoms. The van der Waals surface area contributed by atoms with Crippen LogP contribution >= 0.6 is 0 Å². The summed E-state index contributed by atoms with van der Waals surface area (Å²) in [4.78, 5) is 11.1. The van der Waals surface area contributed by atoms with Gasteiger partial charge in [0.2, 0.25) is 5.91 Å². The van der Waals surface area contributed by atoms with E-state index in [0.717, 1.165) is 12.0 Å². The van der Waals surface area contributed by atoms with Gasteiger partial charge in [-0.25, -0.2) is 0 Å². The van der Waals surface area contributed by atoms with Gasteiger partial charge in [-0.2, -0.15) is 0 Å². The molecule has 0 atom stereocenters. The second-order valence-corrected chi connectivity index (χ2v) is 3.01. The third kappa shape index (κ3) is 6.72. The summed E-state index contributed by atoms with van der Waals surface area (Å²) in [5.41, 5.74) is 1.15. The summed E-state index contributed by atoms with van der Waals surface area (Å²) in [6.45, 7) is 6.64. The van der Waals surface area contributed by atoms with Gasteiger partial charge in [0.1, 0.15) is 0 Å². The van der Waals surface area contributed by atoms with Crippen molar-refractivity contribution in [2.45, 2.75) is 40.2 Å². The Balaban J connectivity index is 0.000000921. The molecule has 0 heterocycles. The summed E-state index contributed by atoms with van der Waals surface area (Å²) >= 11 is 0. The zero-order chi connectivity index (χ0) is 11.5. The van der Waals surface area contributed by atoms with E-state index in [2.05, 4.69) is 5.32 Å². The fraction of sp³-hybridized carbons (Fsp3) is 0.462. The molecule has 0 aliphatic heterocycles. The van der Waals surface area contributed by atoms with E-state index in [0.29, 0.717) is 13.0 Å². The van der Waals surface area contributed by atoms with Gasteiger partial charge in [-0.05, 0) is 12.0 Å². The lowest BCUT2D eigenvalue weighted by Gasteiger charge is -2.03. The van der Waals surface area contributed by atoms with E-state index in [1.165, 1.54) is 0 Å². The third-order valence-corrected chi connectivity index (χ3v) is 1.81. The number of benzene rings is 1. The number of hydrogen-bond acceptors (Lipinski definition) is 1. The van der Waals surface area contributed by atoms with E-state index in [4.69, 9.17) is 0 Å². The normalized spacial score (nSPS) is 8.73. The molecule has 1 aromatic rings. The van der Waals surface area contributed by atoms with Crippen LogP contribution in [0.5, 0.6) is 0 Å². The fourth-order valence-corrected chi connectivity index (χ4v) is 1.11. The number of rotatable bonds is 4. The van der Waals surface area contributed by atoms with Crippen molar-refractivity contribution in [3.63, 3.8) is 0 Å². The summed E-state index contributed by atoms with van der Waals surface area (Å²) in [5.74, 6) is 0.131. The predicted octanol–water partition coefficient (Wildman–Crippen LogP) is 3.13. The van der Waals surface area contributed by atoms with Crippen molar-refractivity contribution in [3.05, 3.63) is 35.9 Å². The van der Waals surface area contributed by atoms with Crippen LogP contribution in [0.15, 0.2) is 30.3 Å². The Labute approximate surface area is 92.7 Å². The fourth-order valence-electron chi connectivity index (χ4n) is 1.11. The van der Waals surface area contributed by atoms with Crippen molar-refractivity contribution in [3.8, 4) is 0 Å². The summed E-state index contributed by atoms with van der Waals surface area (Å²) in [5, 5.41) is 2.86. The highest BCUT2D eigenvalue weighted by molar-refractivity contribution is 5.75. The van der Waals surface area contributed by atoms with Crippen molar-refractivity contribution in [1.82, 2.24) is 5.32 Å². The van der Waals surface area contributed by atoms with Crippen LogP contribution in [-0.4, -0.2) is 5.91 Å². The molecule has 0 spiro atoms. The van der Waals surface area contributed by atoms with Crippen molar-refractivity contribution >= 4 is 5.91 Å². The number of carbonyl (C=O) groups is 1. The molecule has 1 rings (SSSR count). The Bertz CT molecular complexity index is 256. The molecular weight excluding hydrogens is 186 g/mol. The smallest absolute Gasteiger partial charge is 0.220 e. The van der Waals surface area contributed by atoms with E-state index >= 15 is 0 Å². The molecule has 1 amide bonds. The molecule has 15 heavy (non-hydrogen) atoms. The van der Waals surface area contributed by atoms with Crippen LogP contribution in [0.3, 0.4) is 0 Å². The lowest BCUT2D eigenvalue weighted by Crippen LogP contribution is -2.21. The highest BCUT2D eigenvalue weighted by atomic mass is 16.1. The van der Waals surface area contributed by atoms with Gasteiger partial charge < -0.3 is 5.32 Å². The Morgan fingerprint density at radius 3 is 2.33 bits per heavy atom.